The molecule has 23 heavy (non-hydrogen) atoms. The third-order valence-corrected chi connectivity index (χ3v) is 11.0. The SMILES string of the molecule is CCCC[C](CCCC)(CCCC)[Sn][c]1nn(C)c2c1CCC2. The molecule has 0 N–H and O–H groups in total. The molecule has 2 rings (SSSR count). The van der Waals surface area contributed by atoms with Crippen LogP contribution in [0.15, 0.2) is 0 Å². The van der Waals surface area contributed by atoms with Crippen molar-refractivity contribution in [1.29, 1.82) is 0 Å². The van der Waals surface area contributed by atoms with Gasteiger partial charge in [-0.25, -0.2) is 0 Å². The normalized spacial score (nSPS) is 14.4. The van der Waals surface area contributed by atoms with Crippen LogP contribution in [0.25, 0.3) is 0 Å². The summed E-state index contributed by atoms with van der Waals surface area (Å²) in [5.74, 6) is 0. The van der Waals surface area contributed by atoms with Gasteiger partial charge in [0.2, 0.25) is 0 Å². The van der Waals surface area contributed by atoms with E-state index in [1.807, 2.05) is 0 Å². The molecule has 0 unspecified atom stereocenters. The van der Waals surface area contributed by atoms with Gasteiger partial charge >= 0.3 is 154 Å². The molecule has 1 aromatic rings. The summed E-state index contributed by atoms with van der Waals surface area (Å²) in [5, 5.41) is 5.03. The van der Waals surface area contributed by atoms with E-state index in [1.165, 1.54) is 77.0 Å². The van der Waals surface area contributed by atoms with Crippen LogP contribution in [0.2, 0.25) is 3.43 Å². The van der Waals surface area contributed by atoms with Crippen LogP contribution in [0.1, 0.15) is 96.2 Å². The van der Waals surface area contributed by atoms with Crippen molar-refractivity contribution < 1.29 is 0 Å². The predicted molar refractivity (Wildman–Crippen MR) is 102 cm³/mol. The minimum atomic E-state index is -0.640. The van der Waals surface area contributed by atoms with Gasteiger partial charge in [0.25, 0.3) is 0 Å². The Bertz CT molecular complexity index is 456. The van der Waals surface area contributed by atoms with Gasteiger partial charge in [-0.3, -0.25) is 0 Å². The van der Waals surface area contributed by atoms with E-state index in [1.54, 1.807) is 15.0 Å². The summed E-state index contributed by atoms with van der Waals surface area (Å²) in [6.07, 6.45) is 16.7. The van der Waals surface area contributed by atoms with Gasteiger partial charge in [0, 0.05) is 0 Å². The molecule has 0 fully saturated rings. The van der Waals surface area contributed by atoms with Crippen LogP contribution in [-0.4, -0.2) is 30.9 Å². The summed E-state index contributed by atoms with van der Waals surface area (Å²) in [6.45, 7) is 7.07. The molecule has 2 nitrogen and oxygen atoms in total. The summed E-state index contributed by atoms with van der Waals surface area (Å²) < 4.78 is 4.52. The zero-order valence-corrected chi connectivity index (χ0v) is 18.7. The summed E-state index contributed by atoms with van der Waals surface area (Å²) in [5.41, 5.74) is 3.25. The van der Waals surface area contributed by atoms with E-state index in [2.05, 4.69) is 32.5 Å². The van der Waals surface area contributed by atoms with Crippen molar-refractivity contribution in [1.82, 2.24) is 9.78 Å². The van der Waals surface area contributed by atoms with Crippen LogP contribution in [-0.2, 0) is 19.9 Å². The number of aromatic nitrogens is 2. The van der Waals surface area contributed by atoms with Gasteiger partial charge in [-0.05, 0) is 0 Å². The van der Waals surface area contributed by atoms with Crippen LogP contribution in [0.5, 0.6) is 0 Å². The van der Waals surface area contributed by atoms with E-state index >= 15 is 0 Å². The molecule has 0 amide bonds. The molecule has 1 aliphatic carbocycles. The molecule has 1 aliphatic rings. The van der Waals surface area contributed by atoms with E-state index in [9.17, 15) is 0 Å². The first kappa shape index (κ1) is 19.3. The molecule has 0 spiro atoms. The quantitative estimate of drug-likeness (QED) is 0.460. The number of rotatable bonds is 11. The van der Waals surface area contributed by atoms with E-state index in [-0.39, 0.29) is 0 Å². The van der Waals surface area contributed by atoms with Crippen LogP contribution >= 0.6 is 0 Å². The summed E-state index contributed by atoms with van der Waals surface area (Å²) in [4.78, 5) is 0. The van der Waals surface area contributed by atoms with Crippen molar-refractivity contribution in [3.63, 3.8) is 0 Å². The van der Waals surface area contributed by atoms with Gasteiger partial charge in [-0.2, -0.15) is 0 Å². The third kappa shape index (κ3) is 4.99. The Balaban J connectivity index is 2.21. The fourth-order valence-corrected chi connectivity index (χ4v) is 9.86. The topological polar surface area (TPSA) is 17.8 Å². The van der Waals surface area contributed by atoms with Gasteiger partial charge in [0.05, 0.1) is 0 Å². The number of hydrogen-bond donors (Lipinski definition) is 0. The van der Waals surface area contributed by atoms with E-state index in [0.717, 1.165) is 0 Å². The maximum atomic E-state index is 5.03. The van der Waals surface area contributed by atoms with Crippen LogP contribution < -0.4 is 3.71 Å². The predicted octanol–water partition coefficient (Wildman–Crippen LogP) is 4.97. The second kappa shape index (κ2) is 9.48. The molecule has 0 bridgehead atoms. The Labute approximate surface area is 154 Å². The van der Waals surface area contributed by atoms with Crippen LogP contribution in [0.4, 0.5) is 0 Å². The Hall–Kier alpha value is 0.00870. The Morgan fingerprint density at radius 3 is 2.04 bits per heavy atom. The number of aryl methyl sites for hydroxylation is 1. The van der Waals surface area contributed by atoms with Crippen LogP contribution in [0.3, 0.4) is 0 Å². The monoisotopic (exact) mass is 424 g/mol. The summed E-state index contributed by atoms with van der Waals surface area (Å²) in [6, 6.07) is 0. The van der Waals surface area contributed by atoms with Crippen molar-refractivity contribution in [3.05, 3.63) is 11.3 Å². The maximum absolute atomic E-state index is 5.03. The molecule has 0 saturated carbocycles. The fourth-order valence-electron chi connectivity index (χ4n) is 4.07. The number of hydrogen-bond acceptors (Lipinski definition) is 1. The molecule has 0 aliphatic heterocycles. The average molecular weight is 423 g/mol. The molecule has 2 radical (unpaired) electrons. The zero-order valence-electron chi connectivity index (χ0n) is 15.9. The summed E-state index contributed by atoms with van der Waals surface area (Å²) >= 11 is -0.640. The molecule has 130 valence electrons. The molecule has 0 atom stereocenters. The third-order valence-electron chi connectivity index (χ3n) is 5.53. The number of fused-ring (bicyclic) bond motifs is 1. The Kier molecular flexibility index (Phi) is 7.97. The first-order valence-electron chi connectivity index (χ1n) is 9.98. The van der Waals surface area contributed by atoms with Crippen LogP contribution in [0, 0.1) is 0 Å². The van der Waals surface area contributed by atoms with Crippen molar-refractivity contribution in [2.45, 2.75) is 101 Å². The fraction of sp³-hybridized carbons (Fsp3) is 0.850. The van der Waals surface area contributed by atoms with E-state index < -0.39 is 21.1 Å². The first-order chi connectivity index (χ1) is 11.2. The number of unbranched alkanes of at least 4 members (excludes halogenated alkanes) is 3. The van der Waals surface area contributed by atoms with Gasteiger partial charge in [-0.15, -0.1) is 0 Å². The van der Waals surface area contributed by atoms with Gasteiger partial charge < -0.3 is 0 Å². The average Bonchev–Trinajstić information content (AvgIpc) is 3.14. The van der Waals surface area contributed by atoms with Gasteiger partial charge in [0.1, 0.15) is 0 Å². The van der Waals surface area contributed by atoms with Crippen molar-refractivity contribution in [2.75, 3.05) is 0 Å². The molecular weight excluding hydrogens is 387 g/mol. The molecule has 1 aromatic heterocycles. The minimum absolute atomic E-state index is 0.640. The molecule has 3 heteroatoms. The molecule has 0 aromatic carbocycles. The Morgan fingerprint density at radius 1 is 0.957 bits per heavy atom. The molecule has 1 heterocycles. The van der Waals surface area contributed by atoms with E-state index in [0.29, 0.717) is 3.43 Å². The van der Waals surface area contributed by atoms with Crippen molar-refractivity contribution in [2.24, 2.45) is 7.05 Å². The van der Waals surface area contributed by atoms with Crippen molar-refractivity contribution >= 4 is 24.9 Å². The summed E-state index contributed by atoms with van der Waals surface area (Å²) in [7, 11) is 2.18. The number of nitrogens with zero attached hydrogens (tertiary/aromatic N) is 2. The second-order valence-electron chi connectivity index (χ2n) is 7.47. The first-order valence-corrected chi connectivity index (χ1v) is 12.8. The van der Waals surface area contributed by atoms with Crippen molar-refractivity contribution in [3.8, 4) is 0 Å². The zero-order chi connectivity index (χ0) is 16.7. The molecular formula is C20H36N2Sn. The second-order valence-corrected chi connectivity index (χ2v) is 12.6. The van der Waals surface area contributed by atoms with E-state index in [4.69, 9.17) is 5.10 Å². The van der Waals surface area contributed by atoms with Gasteiger partial charge in [-0.1, -0.05) is 0 Å². The molecule has 0 saturated heterocycles. The van der Waals surface area contributed by atoms with Gasteiger partial charge in [0.15, 0.2) is 0 Å². The Morgan fingerprint density at radius 2 is 1.52 bits per heavy atom. The standard InChI is InChI=1S/C13H27.C7H9N2.Sn/c1-4-7-10-13(11-8-5-2)12-9-6-3;1-9-7-4-2-3-6(7)5-8-9;/h4-12H2,1-3H3;2-4H2,1H3;.